The van der Waals surface area contributed by atoms with E-state index in [1.165, 1.54) is 7.11 Å². The van der Waals surface area contributed by atoms with E-state index in [2.05, 4.69) is 4.98 Å². The van der Waals surface area contributed by atoms with Gasteiger partial charge in [-0.3, -0.25) is 9.78 Å². The zero-order valence-electron chi connectivity index (χ0n) is 9.31. The van der Waals surface area contributed by atoms with Crippen molar-refractivity contribution in [3.63, 3.8) is 0 Å². The zero-order chi connectivity index (χ0) is 11.4. The summed E-state index contributed by atoms with van der Waals surface area (Å²) in [6.45, 7) is 1.15. The van der Waals surface area contributed by atoms with Gasteiger partial charge in [-0.2, -0.15) is 0 Å². The molecule has 1 fully saturated rings. The van der Waals surface area contributed by atoms with Gasteiger partial charge in [0.25, 0.3) is 0 Å². The molecule has 16 heavy (non-hydrogen) atoms. The van der Waals surface area contributed by atoms with Gasteiger partial charge in [0.2, 0.25) is 0 Å². The lowest BCUT2D eigenvalue weighted by Crippen LogP contribution is -2.42. The highest BCUT2D eigenvalue weighted by Crippen LogP contribution is 2.34. The van der Waals surface area contributed by atoms with Gasteiger partial charge in [0.1, 0.15) is 5.41 Å². The number of carbonyl (C=O) groups is 1. The van der Waals surface area contributed by atoms with Crippen LogP contribution >= 0.6 is 0 Å². The second-order valence-electron chi connectivity index (χ2n) is 3.90. The average molecular weight is 221 g/mol. The maximum Gasteiger partial charge on any atom is 0.318 e. The molecule has 86 valence electrons. The van der Waals surface area contributed by atoms with E-state index < -0.39 is 5.41 Å². The van der Waals surface area contributed by atoms with E-state index in [1.807, 2.05) is 18.2 Å². The number of methoxy groups -OCH3 is 1. The third-order valence-electron chi connectivity index (χ3n) is 3.08. The second-order valence-corrected chi connectivity index (χ2v) is 3.90. The molecule has 0 unspecified atom stereocenters. The highest BCUT2D eigenvalue weighted by molar-refractivity contribution is 5.82. The van der Waals surface area contributed by atoms with Crippen LogP contribution in [-0.4, -0.2) is 31.3 Å². The van der Waals surface area contributed by atoms with E-state index in [9.17, 15) is 4.79 Å². The van der Waals surface area contributed by atoms with Crippen molar-refractivity contribution in [2.75, 3.05) is 20.3 Å². The Balaban J connectivity index is 2.38. The number of aromatic nitrogens is 1. The quantitative estimate of drug-likeness (QED) is 0.706. The number of esters is 1. The van der Waals surface area contributed by atoms with E-state index in [0.29, 0.717) is 26.1 Å². The molecule has 0 spiro atoms. The highest BCUT2D eigenvalue weighted by atomic mass is 16.5. The first kappa shape index (κ1) is 11.1. The van der Waals surface area contributed by atoms with Gasteiger partial charge in [0, 0.05) is 19.4 Å². The Morgan fingerprint density at radius 2 is 2.19 bits per heavy atom. The molecule has 0 radical (unpaired) electrons. The fraction of sp³-hybridized carbons (Fsp3) is 0.500. The topological polar surface area (TPSA) is 48.4 Å². The smallest absolute Gasteiger partial charge is 0.318 e. The van der Waals surface area contributed by atoms with Gasteiger partial charge in [-0.05, 0) is 25.0 Å². The van der Waals surface area contributed by atoms with E-state index in [0.717, 1.165) is 5.69 Å². The Hall–Kier alpha value is -1.42. The summed E-state index contributed by atoms with van der Waals surface area (Å²) in [4.78, 5) is 16.3. The summed E-state index contributed by atoms with van der Waals surface area (Å²) in [5.41, 5.74) is 0.166. The summed E-state index contributed by atoms with van der Waals surface area (Å²) in [6.07, 6.45) is 2.98. The van der Waals surface area contributed by atoms with Crippen molar-refractivity contribution >= 4 is 5.97 Å². The molecule has 0 atom stereocenters. The predicted molar refractivity (Wildman–Crippen MR) is 58.0 cm³/mol. The SMILES string of the molecule is COC(=O)C1(c2ccccn2)CCOCC1. The van der Waals surface area contributed by atoms with Crippen LogP contribution < -0.4 is 0 Å². The molecule has 0 saturated carbocycles. The summed E-state index contributed by atoms with van der Waals surface area (Å²) in [6, 6.07) is 5.61. The second kappa shape index (κ2) is 4.61. The number of rotatable bonds is 2. The van der Waals surface area contributed by atoms with Crippen LogP contribution in [-0.2, 0) is 19.7 Å². The largest absolute Gasteiger partial charge is 0.468 e. The Morgan fingerprint density at radius 1 is 1.44 bits per heavy atom. The average Bonchev–Trinajstić information content (AvgIpc) is 2.39. The maximum atomic E-state index is 12.0. The minimum absolute atomic E-state index is 0.213. The molecule has 4 heteroatoms. The van der Waals surface area contributed by atoms with Gasteiger partial charge in [-0.25, -0.2) is 0 Å². The van der Waals surface area contributed by atoms with Crippen LogP contribution in [0.1, 0.15) is 18.5 Å². The van der Waals surface area contributed by atoms with Crippen LogP contribution in [0.5, 0.6) is 0 Å². The summed E-state index contributed by atoms with van der Waals surface area (Å²) < 4.78 is 10.2. The number of hydrogen-bond donors (Lipinski definition) is 0. The van der Waals surface area contributed by atoms with Crippen molar-refractivity contribution in [3.05, 3.63) is 30.1 Å². The van der Waals surface area contributed by atoms with Crippen LogP contribution in [0.15, 0.2) is 24.4 Å². The molecular formula is C12H15NO3. The van der Waals surface area contributed by atoms with Crippen molar-refractivity contribution in [1.29, 1.82) is 0 Å². The van der Waals surface area contributed by atoms with E-state index in [1.54, 1.807) is 6.20 Å². The Labute approximate surface area is 94.6 Å². The van der Waals surface area contributed by atoms with Gasteiger partial charge in [-0.15, -0.1) is 0 Å². The number of carbonyl (C=O) groups excluding carboxylic acids is 1. The first-order chi connectivity index (χ1) is 7.79. The van der Waals surface area contributed by atoms with Crippen molar-refractivity contribution in [1.82, 2.24) is 4.98 Å². The Morgan fingerprint density at radius 3 is 2.75 bits per heavy atom. The first-order valence-corrected chi connectivity index (χ1v) is 5.37. The molecule has 1 aliphatic rings. The van der Waals surface area contributed by atoms with Crippen LogP contribution in [0.2, 0.25) is 0 Å². The molecule has 0 aliphatic carbocycles. The number of pyridine rings is 1. The molecule has 0 N–H and O–H groups in total. The fourth-order valence-corrected chi connectivity index (χ4v) is 2.13. The normalized spacial score (nSPS) is 19.1. The molecule has 2 heterocycles. The molecule has 2 rings (SSSR count). The van der Waals surface area contributed by atoms with E-state index in [4.69, 9.17) is 9.47 Å². The van der Waals surface area contributed by atoms with Gasteiger partial charge in [0.05, 0.1) is 12.8 Å². The van der Waals surface area contributed by atoms with Crippen LogP contribution in [0.25, 0.3) is 0 Å². The molecule has 1 aromatic heterocycles. The predicted octanol–water partition coefficient (Wildman–Crippen LogP) is 1.30. The maximum absolute atomic E-state index is 12.0. The molecule has 4 nitrogen and oxygen atoms in total. The zero-order valence-corrected chi connectivity index (χ0v) is 9.31. The van der Waals surface area contributed by atoms with Gasteiger partial charge < -0.3 is 9.47 Å². The fourth-order valence-electron chi connectivity index (χ4n) is 2.13. The number of ether oxygens (including phenoxy) is 2. The lowest BCUT2D eigenvalue weighted by Gasteiger charge is -2.33. The van der Waals surface area contributed by atoms with Crippen LogP contribution in [0.4, 0.5) is 0 Å². The monoisotopic (exact) mass is 221 g/mol. The van der Waals surface area contributed by atoms with E-state index >= 15 is 0 Å². The minimum atomic E-state index is -0.617. The van der Waals surface area contributed by atoms with Gasteiger partial charge in [0.15, 0.2) is 0 Å². The van der Waals surface area contributed by atoms with Crippen molar-refractivity contribution in [2.45, 2.75) is 18.3 Å². The number of nitrogens with zero attached hydrogens (tertiary/aromatic N) is 1. The molecule has 1 aromatic rings. The third-order valence-corrected chi connectivity index (χ3v) is 3.08. The lowest BCUT2D eigenvalue weighted by molar-refractivity contribution is -0.151. The summed E-state index contributed by atoms with van der Waals surface area (Å²) in [7, 11) is 1.42. The van der Waals surface area contributed by atoms with Crippen LogP contribution in [0.3, 0.4) is 0 Å². The third kappa shape index (κ3) is 1.80. The highest BCUT2D eigenvalue weighted by Gasteiger charge is 2.43. The van der Waals surface area contributed by atoms with Crippen LogP contribution in [0, 0.1) is 0 Å². The molecular weight excluding hydrogens is 206 g/mol. The van der Waals surface area contributed by atoms with Crippen molar-refractivity contribution in [2.24, 2.45) is 0 Å². The summed E-state index contributed by atoms with van der Waals surface area (Å²) in [5, 5.41) is 0. The summed E-state index contributed by atoms with van der Waals surface area (Å²) in [5.74, 6) is -0.213. The molecule has 0 aromatic carbocycles. The number of hydrogen-bond acceptors (Lipinski definition) is 4. The van der Waals surface area contributed by atoms with Gasteiger partial charge in [-0.1, -0.05) is 6.07 Å². The Kier molecular flexibility index (Phi) is 3.19. The lowest BCUT2D eigenvalue weighted by atomic mass is 9.77. The van der Waals surface area contributed by atoms with Crippen molar-refractivity contribution in [3.8, 4) is 0 Å². The minimum Gasteiger partial charge on any atom is -0.468 e. The summed E-state index contributed by atoms with van der Waals surface area (Å²) >= 11 is 0. The molecule has 1 aliphatic heterocycles. The van der Waals surface area contributed by atoms with E-state index in [-0.39, 0.29) is 5.97 Å². The molecule has 0 bridgehead atoms. The van der Waals surface area contributed by atoms with Crippen molar-refractivity contribution < 1.29 is 14.3 Å². The standard InChI is InChI=1S/C12H15NO3/c1-15-11(14)12(5-8-16-9-6-12)10-4-2-3-7-13-10/h2-4,7H,5-6,8-9H2,1H3. The molecule has 0 amide bonds. The first-order valence-electron chi connectivity index (χ1n) is 5.37. The molecule has 1 saturated heterocycles. The van der Waals surface area contributed by atoms with Gasteiger partial charge >= 0.3 is 5.97 Å². The Bertz CT molecular complexity index is 358.